The lowest BCUT2D eigenvalue weighted by atomic mass is 10.3. The smallest absolute Gasteiger partial charge is 0.215 e. The highest BCUT2D eigenvalue weighted by Crippen LogP contribution is 2.18. The first kappa shape index (κ1) is 16.4. The Balaban J connectivity index is 2.30. The van der Waals surface area contributed by atoms with Crippen LogP contribution in [0.5, 0.6) is 0 Å². The van der Waals surface area contributed by atoms with E-state index < -0.39 is 0 Å². The predicted octanol–water partition coefficient (Wildman–Crippen LogP) is 1.90. The lowest BCUT2D eigenvalue weighted by Gasteiger charge is -2.24. The molecule has 6 nitrogen and oxygen atoms in total. The molecule has 0 aliphatic carbocycles. The highest BCUT2D eigenvalue weighted by atomic mass is 16.1. The van der Waals surface area contributed by atoms with Crippen molar-refractivity contribution >= 4 is 17.9 Å². The minimum Gasteiger partial charge on any atom is -0.302 e. The fourth-order valence-corrected chi connectivity index (χ4v) is 2.26. The van der Waals surface area contributed by atoms with Crippen molar-refractivity contribution in [2.24, 2.45) is 0 Å². The number of hydrogen-bond acceptors (Lipinski definition) is 4. The number of amides is 1. The van der Waals surface area contributed by atoms with Gasteiger partial charge < -0.3 is 4.90 Å². The van der Waals surface area contributed by atoms with Crippen molar-refractivity contribution < 1.29 is 4.79 Å². The summed E-state index contributed by atoms with van der Waals surface area (Å²) in [5, 5.41) is 4.35. The molecule has 22 heavy (non-hydrogen) atoms. The van der Waals surface area contributed by atoms with Crippen LogP contribution in [0.15, 0.2) is 12.3 Å². The number of carbonyl (C=O) groups excluding carboxylic acids is 1. The molecule has 2 heterocycles. The predicted molar refractivity (Wildman–Crippen MR) is 88.3 cm³/mol. The zero-order valence-electron chi connectivity index (χ0n) is 14.1. The van der Waals surface area contributed by atoms with Crippen molar-refractivity contribution in [3.05, 3.63) is 23.5 Å². The van der Waals surface area contributed by atoms with Crippen molar-refractivity contribution in [3.8, 4) is 0 Å². The minimum absolute atomic E-state index is 0.451. The van der Waals surface area contributed by atoms with Gasteiger partial charge in [0.2, 0.25) is 6.41 Å². The van der Waals surface area contributed by atoms with Crippen molar-refractivity contribution in [2.45, 2.75) is 40.2 Å². The van der Waals surface area contributed by atoms with Gasteiger partial charge >= 0.3 is 0 Å². The van der Waals surface area contributed by atoms with Crippen LogP contribution in [0.25, 0.3) is 5.65 Å². The third-order valence-electron chi connectivity index (χ3n) is 4.07. The molecule has 0 saturated heterocycles. The maximum atomic E-state index is 11.5. The van der Waals surface area contributed by atoms with E-state index in [1.807, 2.05) is 23.7 Å². The van der Waals surface area contributed by atoms with E-state index in [-0.39, 0.29) is 0 Å². The largest absolute Gasteiger partial charge is 0.302 e. The molecule has 2 rings (SSSR count). The van der Waals surface area contributed by atoms with Gasteiger partial charge in [0.05, 0.1) is 6.20 Å². The summed E-state index contributed by atoms with van der Waals surface area (Å²) in [6.45, 7) is 9.77. The molecule has 0 aromatic carbocycles. The number of aryl methyl sites for hydroxylation is 2. The van der Waals surface area contributed by atoms with Crippen LogP contribution in [0.3, 0.4) is 0 Å². The normalized spacial score (nSPS) is 11.6. The minimum atomic E-state index is 0.451. The lowest BCUT2D eigenvalue weighted by Crippen LogP contribution is -2.36. The molecule has 2 aromatic rings. The summed E-state index contributed by atoms with van der Waals surface area (Å²) in [4.78, 5) is 20.0. The first-order valence-electron chi connectivity index (χ1n) is 7.74. The Morgan fingerprint density at radius 1 is 1.36 bits per heavy atom. The molecule has 0 bridgehead atoms. The summed E-state index contributed by atoms with van der Waals surface area (Å²) < 4.78 is 1.85. The number of carbonyl (C=O) groups is 1. The number of fused-ring (bicyclic) bond motifs is 1. The van der Waals surface area contributed by atoms with E-state index in [4.69, 9.17) is 0 Å². The van der Waals surface area contributed by atoms with Gasteiger partial charge in [-0.2, -0.15) is 5.10 Å². The average Bonchev–Trinajstić information content (AvgIpc) is 2.88. The number of aromatic nitrogens is 3. The fourth-order valence-electron chi connectivity index (χ4n) is 2.26. The summed E-state index contributed by atoms with van der Waals surface area (Å²) in [7, 11) is 2.06. The average molecular weight is 303 g/mol. The Kier molecular flexibility index (Phi) is 5.13. The second-order valence-electron chi connectivity index (χ2n) is 5.90. The summed E-state index contributed by atoms with van der Waals surface area (Å²) in [6, 6.07) is 2.40. The van der Waals surface area contributed by atoms with Gasteiger partial charge in [-0.3, -0.25) is 9.69 Å². The van der Waals surface area contributed by atoms with Crippen LogP contribution >= 0.6 is 0 Å². The van der Waals surface area contributed by atoms with Crippen LogP contribution in [0.4, 0.5) is 5.82 Å². The zero-order chi connectivity index (χ0) is 16.3. The second kappa shape index (κ2) is 6.87. The summed E-state index contributed by atoms with van der Waals surface area (Å²) in [6.07, 6.45) is 3.51. The summed E-state index contributed by atoms with van der Waals surface area (Å²) in [5.41, 5.74) is 2.89. The monoisotopic (exact) mass is 303 g/mol. The number of hydrogen-bond donors (Lipinski definition) is 0. The van der Waals surface area contributed by atoms with Crippen molar-refractivity contribution in [1.29, 1.82) is 0 Å². The van der Waals surface area contributed by atoms with Crippen molar-refractivity contribution in [3.63, 3.8) is 0 Å². The SMILES string of the molecule is CCc1cc(N(C=O)CCN(C)C(C)C)nc2c(C)cnn12. The molecule has 0 atom stereocenters. The van der Waals surface area contributed by atoms with Crippen LogP contribution in [0.2, 0.25) is 0 Å². The maximum absolute atomic E-state index is 11.5. The zero-order valence-corrected chi connectivity index (χ0v) is 14.1. The first-order chi connectivity index (χ1) is 10.5. The Morgan fingerprint density at radius 2 is 2.09 bits per heavy atom. The number of anilines is 1. The first-order valence-corrected chi connectivity index (χ1v) is 7.74. The molecule has 0 aliphatic heterocycles. The van der Waals surface area contributed by atoms with Crippen LogP contribution in [-0.4, -0.2) is 52.1 Å². The van der Waals surface area contributed by atoms with Crippen LogP contribution in [0.1, 0.15) is 32.0 Å². The molecule has 0 radical (unpaired) electrons. The highest BCUT2D eigenvalue weighted by molar-refractivity contribution is 5.74. The molecule has 1 amide bonds. The Morgan fingerprint density at radius 3 is 2.68 bits per heavy atom. The van der Waals surface area contributed by atoms with Gasteiger partial charge in [0.25, 0.3) is 0 Å². The molecule has 2 aromatic heterocycles. The van der Waals surface area contributed by atoms with E-state index in [0.29, 0.717) is 18.4 Å². The van der Waals surface area contributed by atoms with Crippen LogP contribution in [-0.2, 0) is 11.2 Å². The van der Waals surface area contributed by atoms with Gasteiger partial charge in [-0.25, -0.2) is 9.50 Å². The molecule has 0 aliphatic rings. The van der Waals surface area contributed by atoms with Gasteiger partial charge in [-0.15, -0.1) is 0 Å². The number of likely N-dealkylation sites (N-methyl/N-ethyl adjacent to an activating group) is 1. The van der Waals surface area contributed by atoms with E-state index in [1.165, 1.54) is 0 Å². The lowest BCUT2D eigenvalue weighted by molar-refractivity contribution is -0.107. The molecule has 0 spiro atoms. The van der Waals surface area contributed by atoms with E-state index in [0.717, 1.165) is 36.3 Å². The van der Waals surface area contributed by atoms with Gasteiger partial charge in [-0.05, 0) is 34.2 Å². The van der Waals surface area contributed by atoms with Gasteiger partial charge in [0.15, 0.2) is 5.65 Å². The fraction of sp³-hybridized carbons (Fsp3) is 0.562. The molecule has 6 heteroatoms. The standard InChI is InChI=1S/C16H25N5O/c1-6-14-9-15(18-16-13(4)10-17-21(14)16)20(11-22)8-7-19(5)12(2)3/h9-12H,6-8H2,1-5H3. The number of rotatable bonds is 7. The Hall–Kier alpha value is -1.95. The molecule has 0 unspecified atom stereocenters. The Labute approximate surface area is 131 Å². The van der Waals surface area contributed by atoms with Crippen molar-refractivity contribution in [1.82, 2.24) is 19.5 Å². The quantitative estimate of drug-likeness (QED) is 0.733. The van der Waals surface area contributed by atoms with E-state index in [2.05, 4.69) is 42.8 Å². The van der Waals surface area contributed by atoms with E-state index in [9.17, 15) is 4.79 Å². The maximum Gasteiger partial charge on any atom is 0.215 e. The third-order valence-corrected chi connectivity index (χ3v) is 4.07. The molecule has 0 fully saturated rings. The second-order valence-corrected chi connectivity index (χ2v) is 5.90. The molecule has 120 valence electrons. The third kappa shape index (κ3) is 3.27. The van der Waals surface area contributed by atoms with E-state index in [1.54, 1.807) is 4.90 Å². The molecular formula is C16H25N5O. The van der Waals surface area contributed by atoms with Gasteiger partial charge in [0, 0.05) is 36.5 Å². The van der Waals surface area contributed by atoms with Gasteiger partial charge in [0.1, 0.15) is 5.82 Å². The Bertz CT molecular complexity index is 649. The van der Waals surface area contributed by atoms with Crippen LogP contribution in [0, 0.1) is 6.92 Å². The summed E-state index contributed by atoms with van der Waals surface area (Å²) >= 11 is 0. The molecular weight excluding hydrogens is 278 g/mol. The topological polar surface area (TPSA) is 53.7 Å². The highest BCUT2D eigenvalue weighted by Gasteiger charge is 2.14. The van der Waals surface area contributed by atoms with Crippen molar-refractivity contribution in [2.75, 3.05) is 25.0 Å². The van der Waals surface area contributed by atoms with Gasteiger partial charge in [-0.1, -0.05) is 6.92 Å². The molecule has 0 saturated carbocycles. The summed E-state index contributed by atoms with van der Waals surface area (Å²) in [5.74, 6) is 0.695. The number of nitrogens with zero attached hydrogens (tertiary/aromatic N) is 5. The molecule has 0 N–H and O–H groups in total. The van der Waals surface area contributed by atoms with Crippen LogP contribution < -0.4 is 4.90 Å². The van der Waals surface area contributed by atoms with E-state index >= 15 is 0 Å².